The summed E-state index contributed by atoms with van der Waals surface area (Å²) < 4.78 is 5.10. The number of aromatic nitrogens is 2. The van der Waals surface area contributed by atoms with Gasteiger partial charge in [0.05, 0.1) is 17.6 Å². The molecule has 12 heteroatoms. The monoisotopic (exact) mass is 696 g/mol. The van der Waals surface area contributed by atoms with Crippen LogP contribution in [0.25, 0.3) is 22.2 Å². The molecule has 1 atom stereocenters. The number of carbonyl (C=O) groups excluding carboxylic acids is 3. The van der Waals surface area contributed by atoms with Crippen molar-refractivity contribution in [2.75, 3.05) is 11.9 Å². The minimum Gasteiger partial charge on any atom is -0.480 e. The van der Waals surface area contributed by atoms with Crippen LogP contribution in [0.5, 0.6) is 0 Å². The number of hydrogen-bond donors (Lipinski definition) is 5. The van der Waals surface area contributed by atoms with Crippen molar-refractivity contribution in [1.82, 2.24) is 25.5 Å². The Morgan fingerprint density at radius 2 is 1.38 bits per heavy atom. The fourth-order valence-corrected chi connectivity index (χ4v) is 5.43. The van der Waals surface area contributed by atoms with Crippen LogP contribution in [0.1, 0.15) is 27.3 Å². The molecule has 0 aliphatic rings. The van der Waals surface area contributed by atoms with Crippen molar-refractivity contribution >= 4 is 40.7 Å². The number of rotatable bonds is 13. The molecule has 0 radical (unpaired) electrons. The summed E-state index contributed by atoms with van der Waals surface area (Å²) in [5.74, 6) is -1.26. The number of urea groups is 1. The number of anilines is 1. The van der Waals surface area contributed by atoms with Crippen molar-refractivity contribution in [1.29, 1.82) is 0 Å². The molecule has 0 unspecified atom stereocenters. The maximum absolute atomic E-state index is 13.7. The molecule has 5 aromatic carbocycles. The third-order valence-electron chi connectivity index (χ3n) is 8.17. The largest absolute Gasteiger partial charge is 0.480 e. The van der Waals surface area contributed by atoms with E-state index in [0.29, 0.717) is 11.5 Å². The Labute approximate surface area is 299 Å². The number of nitrogens with one attached hydrogen (secondary N) is 4. The van der Waals surface area contributed by atoms with Gasteiger partial charge in [0.15, 0.2) is 0 Å². The van der Waals surface area contributed by atoms with Gasteiger partial charge in [-0.05, 0) is 58.7 Å². The van der Waals surface area contributed by atoms with Crippen LogP contribution < -0.4 is 16.0 Å². The first kappa shape index (κ1) is 34.9. The number of carbonyl (C=O) groups is 4. The van der Waals surface area contributed by atoms with Gasteiger partial charge in [0.1, 0.15) is 18.5 Å². The number of aliphatic carboxylic acids is 1. The zero-order valence-electron chi connectivity index (χ0n) is 28.0. The fraction of sp³-hybridized carbons (Fsp3) is 0.125. The second-order valence-corrected chi connectivity index (χ2v) is 11.9. The van der Waals surface area contributed by atoms with E-state index in [1.165, 1.54) is 0 Å². The number of imidazole rings is 1. The summed E-state index contributed by atoms with van der Waals surface area (Å²) in [4.78, 5) is 60.1. The highest BCUT2D eigenvalue weighted by Gasteiger charge is 2.22. The van der Waals surface area contributed by atoms with Crippen LogP contribution in [0.3, 0.4) is 0 Å². The summed E-state index contributed by atoms with van der Waals surface area (Å²) in [7, 11) is 0. The number of ether oxygens (including phenoxy) is 1. The molecule has 0 aliphatic carbocycles. The molecule has 6 rings (SSSR count). The summed E-state index contributed by atoms with van der Waals surface area (Å²) in [6.45, 7) is -0.0176. The van der Waals surface area contributed by atoms with E-state index in [-0.39, 0.29) is 37.8 Å². The van der Waals surface area contributed by atoms with Crippen molar-refractivity contribution in [2.45, 2.75) is 25.7 Å². The lowest BCUT2D eigenvalue weighted by atomic mass is 10.1. The molecule has 0 spiro atoms. The molecule has 0 saturated heterocycles. The lowest BCUT2D eigenvalue weighted by Crippen LogP contribution is -2.48. The summed E-state index contributed by atoms with van der Waals surface area (Å²) >= 11 is 0. The molecular weight excluding hydrogens is 660 g/mol. The number of amides is 4. The van der Waals surface area contributed by atoms with E-state index in [1.807, 2.05) is 84.9 Å². The average Bonchev–Trinajstić information content (AvgIpc) is 3.59. The molecule has 12 nitrogen and oxygen atoms in total. The van der Waals surface area contributed by atoms with E-state index in [9.17, 15) is 24.3 Å². The third-order valence-corrected chi connectivity index (χ3v) is 8.17. The third kappa shape index (κ3) is 9.39. The lowest BCUT2D eigenvalue weighted by molar-refractivity contribution is -0.139. The van der Waals surface area contributed by atoms with Crippen LogP contribution in [-0.4, -0.2) is 56.6 Å². The Hall–Kier alpha value is -6.95. The quantitative estimate of drug-likeness (QED) is 0.0911. The van der Waals surface area contributed by atoms with Gasteiger partial charge < -0.3 is 35.7 Å². The molecule has 52 heavy (non-hydrogen) atoms. The number of fused-ring (bicyclic) bond motifs is 1. The SMILES string of the molecule is O=C(N[C@@H](CNC(=O)c1ccc(CN(Cc2nc3ccccc3[nH]2)C(=O)Nc2ccc(-c3ccccc3)cc2)cc1)C(=O)O)OCc1ccccc1. The average molecular weight is 697 g/mol. The number of H-pyrrole nitrogens is 1. The zero-order valence-corrected chi connectivity index (χ0v) is 28.0. The Morgan fingerprint density at radius 1 is 0.731 bits per heavy atom. The normalized spacial score (nSPS) is 11.3. The van der Waals surface area contributed by atoms with Gasteiger partial charge in [-0.2, -0.15) is 0 Å². The molecular formula is C40H36N6O6. The summed E-state index contributed by atoms with van der Waals surface area (Å²) in [6.07, 6.45) is -0.921. The maximum Gasteiger partial charge on any atom is 0.408 e. The van der Waals surface area contributed by atoms with Gasteiger partial charge in [0.25, 0.3) is 5.91 Å². The molecule has 6 aromatic rings. The summed E-state index contributed by atoms with van der Waals surface area (Å²) in [5.41, 5.74) is 6.13. The minimum atomic E-state index is -1.41. The van der Waals surface area contributed by atoms with Gasteiger partial charge in [0.2, 0.25) is 0 Å². The number of aromatic amines is 1. The van der Waals surface area contributed by atoms with E-state index in [0.717, 1.165) is 33.3 Å². The van der Waals surface area contributed by atoms with Gasteiger partial charge >= 0.3 is 18.1 Å². The topological polar surface area (TPSA) is 166 Å². The van der Waals surface area contributed by atoms with Gasteiger partial charge in [-0.15, -0.1) is 0 Å². The van der Waals surface area contributed by atoms with Gasteiger partial charge in [-0.1, -0.05) is 97.1 Å². The summed E-state index contributed by atoms with van der Waals surface area (Å²) in [6, 6.07) is 39.0. The van der Waals surface area contributed by atoms with E-state index >= 15 is 0 Å². The molecule has 0 fully saturated rings. The molecule has 5 N–H and O–H groups in total. The highest BCUT2D eigenvalue weighted by atomic mass is 16.5. The van der Waals surface area contributed by atoms with Crippen LogP contribution in [-0.2, 0) is 29.2 Å². The predicted octanol–water partition coefficient (Wildman–Crippen LogP) is 6.57. The standard InChI is InChI=1S/C40H36N6O6/c47-37(41-23-35(38(48)49)45-40(51)52-26-28-9-3-1-4-10-28)31-17-15-27(16-18-31)24-46(25-36-43-33-13-7-8-14-34(33)44-36)39(50)42-32-21-19-30(20-22-32)29-11-5-2-6-12-29/h1-22,35H,23-26H2,(H,41,47)(H,42,50)(H,43,44)(H,45,51)(H,48,49)/t35-/m0/s1. The van der Waals surface area contributed by atoms with E-state index in [4.69, 9.17) is 4.74 Å². The molecule has 0 saturated carbocycles. The number of carboxylic acid groups (broad SMARTS) is 1. The van der Waals surface area contributed by atoms with Crippen LogP contribution in [0.2, 0.25) is 0 Å². The highest BCUT2D eigenvalue weighted by molar-refractivity contribution is 5.95. The van der Waals surface area contributed by atoms with E-state index < -0.39 is 24.0 Å². The number of hydrogen-bond acceptors (Lipinski definition) is 6. The van der Waals surface area contributed by atoms with Gasteiger partial charge in [0, 0.05) is 24.3 Å². The zero-order chi connectivity index (χ0) is 36.3. The smallest absolute Gasteiger partial charge is 0.408 e. The van der Waals surface area contributed by atoms with Crippen molar-refractivity contribution in [3.63, 3.8) is 0 Å². The highest BCUT2D eigenvalue weighted by Crippen LogP contribution is 2.22. The van der Waals surface area contributed by atoms with E-state index in [2.05, 4.69) is 25.9 Å². The molecule has 4 amide bonds. The van der Waals surface area contributed by atoms with Gasteiger partial charge in [-0.25, -0.2) is 19.4 Å². The molecule has 0 bridgehead atoms. The van der Waals surface area contributed by atoms with E-state index in [1.54, 1.807) is 53.4 Å². The molecule has 0 aliphatic heterocycles. The van der Waals surface area contributed by atoms with Crippen LogP contribution in [0.4, 0.5) is 15.3 Å². The number of benzene rings is 5. The Morgan fingerprint density at radius 3 is 2.08 bits per heavy atom. The first-order valence-electron chi connectivity index (χ1n) is 16.5. The van der Waals surface area contributed by atoms with Crippen LogP contribution >= 0.6 is 0 Å². The number of para-hydroxylation sites is 2. The predicted molar refractivity (Wildman–Crippen MR) is 196 cm³/mol. The Bertz CT molecular complexity index is 2100. The van der Waals surface area contributed by atoms with Crippen LogP contribution in [0.15, 0.2) is 133 Å². The number of alkyl carbamates (subject to hydrolysis) is 1. The van der Waals surface area contributed by atoms with Crippen molar-refractivity contribution in [3.05, 3.63) is 156 Å². The molecule has 1 aromatic heterocycles. The second-order valence-electron chi connectivity index (χ2n) is 11.9. The van der Waals surface area contributed by atoms with Crippen molar-refractivity contribution in [3.8, 4) is 11.1 Å². The Kier molecular flexibility index (Phi) is 11.2. The maximum atomic E-state index is 13.7. The number of carboxylic acids is 1. The first-order valence-corrected chi connectivity index (χ1v) is 16.5. The lowest BCUT2D eigenvalue weighted by Gasteiger charge is -2.23. The summed E-state index contributed by atoms with van der Waals surface area (Å²) in [5, 5.41) is 17.4. The van der Waals surface area contributed by atoms with Crippen LogP contribution in [0, 0.1) is 0 Å². The number of nitrogens with zero attached hydrogens (tertiary/aromatic N) is 2. The van der Waals surface area contributed by atoms with Gasteiger partial charge in [-0.3, -0.25) is 4.79 Å². The second kappa shape index (κ2) is 16.6. The fourth-order valence-electron chi connectivity index (χ4n) is 5.43. The van der Waals surface area contributed by atoms with Crippen molar-refractivity contribution < 1.29 is 29.0 Å². The van der Waals surface area contributed by atoms with Crippen molar-refractivity contribution in [2.24, 2.45) is 0 Å². The molecule has 262 valence electrons. The molecule has 1 heterocycles. The Balaban J connectivity index is 1.08. The first-order chi connectivity index (χ1) is 25.3. The minimum absolute atomic E-state index is 0.0308.